The molecule has 1 atom stereocenters. The zero-order valence-electron chi connectivity index (χ0n) is 15.0. The van der Waals surface area contributed by atoms with Crippen LogP contribution in [0.4, 0.5) is 0 Å². The van der Waals surface area contributed by atoms with E-state index in [4.69, 9.17) is 0 Å². The Balaban J connectivity index is 2.28. The highest BCUT2D eigenvalue weighted by Crippen LogP contribution is 2.23. The topological polar surface area (TPSA) is 12.0 Å². The van der Waals surface area contributed by atoms with Crippen molar-refractivity contribution in [1.29, 1.82) is 0 Å². The maximum Gasteiger partial charge on any atom is -0.00258 e. The van der Waals surface area contributed by atoms with Gasteiger partial charge in [-0.1, -0.05) is 65.8 Å². The largest absolute Gasteiger partial charge is 0.316 e. The van der Waals surface area contributed by atoms with Crippen LogP contribution in [0.1, 0.15) is 65.5 Å². The quantitative estimate of drug-likeness (QED) is 0.649. The van der Waals surface area contributed by atoms with E-state index in [-0.39, 0.29) is 5.41 Å². The van der Waals surface area contributed by atoms with Crippen LogP contribution >= 0.6 is 0 Å². The predicted octanol–water partition coefficient (Wildman–Crippen LogP) is 5.19. The van der Waals surface area contributed by atoms with Gasteiger partial charge >= 0.3 is 0 Å². The summed E-state index contributed by atoms with van der Waals surface area (Å²) in [5, 5.41) is 3.54. The maximum absolute atomic E-state index is 3.54. The Bertz CT molecular complexity index is 383. The van der Waals surface area contributed by atoms with E-state index < -0.39 is 0 Å². The van der Waals surface area contributed by atoms with Gasteiger partial charge in [-0.25, -0.2) is 0 Å². The SMILES string of the molecule is CC(C)CNCCC(C)CCc1ccc(C(C)(C)C)cc1. The highest BCUT2D eigenvalue weighted by Gasteiger charge is 2.12. The lowest BCUT2D eigenvalue weighted by Gasteiger charge is -2.19. The van der Waals surface area contributed by atoms with Gasteiger partial charge in [0.15, 0.2) is 0 Å². The molecule has 0 bridgehead atoms. The van der Waals surface area contributed by atoms with E-state index in [9.17, 15) is 0 Å². The molecule has 1 rings (SSSR count). The standard InChI is InChI=1S/C20H35N/c1-16(2)15-21-14-13-17(3)7-8-18-9-11-19(12-10-18)20(4,5)6/h9-12,16-17,21H,7-8,13-15H2,1-6H3. The molecule has 1 unspecified atom stereocenters. The minimum atomic E-state index is 0.258. The van der Waals surface area contributed by atoms with E-state index in [1.54, 1.807) is 0 Å². The highest BCUT2D eigenvalue weighted by atomic mass is 14.8. The first-order valence-electron chi connectivity index (χ1n) is 8.59. The molecule has 0 aliphatic rings. The molecule has 0 aliphatic heterocycles. The number of rotatable bonds is 8. The summed E-state index contributed by atoms with van der Waals surface area (Å²) in [6.45, 7) is 16.0. The third-order valence-corrected chi connectivity index (χ3v) is 4.11. The van der Waals surface area contributed by atoms with Gasteiger partial charge in [-0.3, -0.25) is 0 Å². The zero-order valence-corrected chi connectivity index (χ0v) is 15.0. The first-order chi connectivity index (χ1) is 9.79. The van der Waals surface area contributed by atoms with E-state index in [0.29, 0.717) is 0 Å². The summed E-state index contributed by atoms with van der Waals surface area (Å²) < 4.78 is 0. The van der Waals surface area contributed by atoms with E-state index in [1.807, 2.05) is 0 Å². The number of nitrogens with one attached hydrogen (secondary N) is 1. The molecule has 1 nitrogen and oxygen atoms in total. The normalized spacial score (nSPS) is 13.7. The van der Waals surface area contributed by atoms with Crippen LogP contribution in [0.5, 0.6) is 0 Å². The summed E-state index contributed by atoms with van der Waals surface area (Å²) in [7, 11) is 0. The van der Waals surface area contributed by atoms with Gasteiger partial charge in [0.1, 0.15) is 0 Å². The third-order valence-electron chi connectivity index (χ3n) is 4.11. The summed E-state index contributed by atoms with van der Waals surface area (Å²) >= 11 is 0. The molecule has 120 valence electrons. The lowest BCUT2D eigenvalue weighted by atomic mass is 9.86. The average Bonchev–Trinajstić information content (AvgIpc) is 2.40. The van der Waals surface area contributed by atoms with Crippen molar-refractivity contribution in [3.63, 3.8) is 0 Å². The van der Waals surface area contributed by atoms with Crippen molar-refractivity contribution >= 4 is 0 Å². The van der Waals surface area contributed by atoms with Crippen molar-refractivity contribution in [1.82, 2.24) is 5.32 Å². The fourth-order valence-corrected chi connectivity index (χ4v) is 2.47. The Morgan fingerprint density at radius 2 is 1.57 bits per heavy atom. The van der Waals surface area contributed by atoms with Gasteiger partial charge in [0.05, 0.1) is 0 Å². The first kappa shape index (κ1) is 18.2. The Morgan fingerprint density at radius 3 is 2.10 bits per heavy atom. The highest BCUT2D eigenvalue weighted by molar-refractivity contribution is 5.27. The molecule has 0 aliphatic carbocycles. The molecular formula is C20H35N. The van der Waals surface area contributed by atoms with Crippen LogP contribution in [0, 0.1) is 11.8 Å². The van der Waals surface area contributed by atoms with Crippen LogP contribution in [0.15, 0.2) is 24.3 Å². The van der Waals surface area contributed by atoms with Gasteiger partial charge in [-0.2, -0.15) is 0 Å². The Labute approximate surface area is 132 Å². The Morgan fingerprint density at radius 1 is 0.952 bits per heavy atom. The van der Waals surface area contributed by atoms with Crippen LogP contribution in [-0.2, 0) is 11.8 Å². The van der Waals surface area contributed by atoms with Crippen LogP contribution in [0.3, 0.4) is 0 Å². The molecule has 0 saturated carbocycles. The number of hydrogen-bond acceptors (Lipinski definition) is 1. The van der Waals surface area contributed by atoms with E-state index in [1.165, 1.54) is 30.4 Å². The van der Waals surface area contributed by atoms with Gasteiger partial charge < -0.3 is 5.32 Å². The Hall–Kier alpha value is -0.820. The van der Waals surface area contributed by atoms with E-state index in [0.717, 1.165) is 24.9 Å². The minimum Gasteiger partial charge on any atom is -0.316 e. The fourth-order valence-electron chi connectivity index (χ4n) is 2.47. The fraction of sp³-hybridized carbons (Fsp3) is 0.700. The predicted molar refractivity (Wildman–Crippen MR) is 95.0 cm³/mol. The molecule has 0 aromatic heterocycles. The molecule has 1 aromatic rings. The Kier molecular flexibility index (Phi) is 7.45. The monoisotopic (exact) mass is 289 g/mol. The molecule has 1 aromatic carbocycles. The maximum atomic E-state index is 3.54. The van der Waals surface area contributed by atoms with Crippen LogP contribution in [-0.4, -0.2) is 13.1 Å². The average molecular weight is 290 g/mol. The van der Waals surface area contributed by atoms with Crippen molar-refractivity contribution in [2.45, 2.75) is 66.2 Å². The summed E-state index contributed by atoms with van der Waals surface area (Å²) in [6, 6.07) is 9.21. The molecule has 0 radical (unpaired) electrons. The summed E-state index contributed by atoms with van der Waals surface area (Å²) in [4.78, 5) is 0. The first-order valence-corrected chi connectivity index (χ1v) is 8.59. The zero-order chi connectivity index (χ0) is 15.9. The van der Waals surface area contributed by atoms with Crippen molar-refractivity contribution in [2.75, 3.05) is 13.1 Å². The lowest BCUT2D eigenvalue weighted by Crippen LogP contribution is -2.22. The molecule has 0 spiro atoms. The van der Waals surface area contributed by atoms with Gasteiger partial charge in [0, 0.05) is 0 Å². The van der Waals surface area contributed by atoms with Crippen LogP contribution in [0.2, 0.25) is 0 Å². The van der Waals surface area contributed by atoms with Crippen molar-refractivity contribution < 1.29 is 0 Å². The molecule has 0 fully saturated rings. The molecule has 0 heterocycles. The van der Waals surface area contributed by atoms with Gasteiger partial charge in [-0.05, 0) is 60.7 Å². The molecule has 0 saturated heterocycles. The molecule has 0 amide bonds. The van der Waals surface area contributed by atoms with E-state index >= 15 is 0 Å². The summed E-state index contributed by atoms with van der Waals surface area (Å²) in [6.07, 6.45) is 3.78. The third kappa shape index (κ3) is 7.66. The van der Waals surface area contributed by atoms with Crippen LogP contribution in [0.25, 0.3) is 0 Å². The second kappa shape index (κ2) is 8.58. The second-order valence-electron chi connectivity index (χ2n) is 7.98. The van der Waals surface area contributed by atoms with Crippen molar-refractivity contribution in [3.05, 3.63) is 35.4 Å². The minimum absolute atomic E-state index is 0.258. The summed E-state index contributed by atoms with van der Waals surface area (Å²) in [5.74, 6) is 1.55. The summed E-state index contributed by atoms with van der Waals surface area (Å²) in [5.41, 5.74) is 3.16. The second-order valence-corrected chi connectivity index (χ2v) is 7.98. The smallest absolute Gasteiger partial charge is 0.00258 e. The van der Waals surface area contributed by atoms with Crippen molar-refractivity contribution in [2.24, 2.45) is 11.8 Å². The van der Waals surface area contributed by atoms with Crippen molar-refractivity contribution in [3.8, 4) is 0 Å². The molecule has 1 N–H and O–H groups in total. The lowest BCUT2D eigenvalue weighted by molar-refractivity contribution is 0.454. The van der Waals surface area contributed by atoms with Gasteiger partial charge in [0.25, 0.3) is 0 Å². The molecule has 1 heteroatoms. The number of aryl methyl sites for hydroxylation is 1. The van der Waals surface area contributed by atoms with E-state index in [2.05, 4.69) is 71.1 Å². The van der Waals surface area contributed by atoms with Crippen LogP contribution < -0.4 is 5.32 Å². The van der Waals surface area contributed by atoms with Gasteiger partial charge in [0.2, 0.25) is 0 Å². The molecule has 21 heavy (non-hydrogen) atoms. The number of hydrogen-bond donors (Lipinski definition) is 1. The van der Waals surface area contributed by atoms with Gasteiger partial charge in [-0.15, -0.1) is 0 Å². The number of benzene rings is 1. The molecular weight excluding hydrogens is 254 g/mol.